The molecule has 4 saturated carbocycles. The average molecular weight is 1160 g/mol. The smallest absolute Gasteiger partial charge is 0.159 e. The Morgan fingerprint density at radius 2 is 0.901 bits per heavy atom. The van der Waals surface area contributed by atoms with Gasteiger partial charge in [-0.1, -0.05) is 227 Å². The van der Waals surface area contributed by atoms with Crippen molar-refractivity contribution in [2.24, 2.45) is 35.5 Å². The fourth-order valence-electron chi connectivity index (χ4n) is 9.97. The summed E-state index contributed by atoms with van der Waals surface area (Å²) in [6, 6.07) is 23.2. The van der Waals surface area contributed by atoms with Gasteiger partial charge in [0, 0.05) is 21.2 Å². The lowest BCUT2D eigenvalue weighted by molar-refractivity contribution is 0.312. The number of unbranched alkanes of at least 4 members (excludes halogenated alkanes) is 2. The van der Waals surface area contributed by atoms with E-state index >= 15 is 0 Å². The Bertz CT molecular complexity index is 2430. The van der Waals surface area contributed by atoms with Crippen LogP contribution in [0.1, 0.15) is 234 Å². The summed E-state index contributed by atoms with van der Waals surface area (Å²) >= 11 is 11.3. The monoisotopic (exact) mass is 1160 g/mol. The van der Waals surface area contributed by atoms with Crippen molar-refractivity contribution in [3.63, 3.8) is 0 Å². The number of benzene rings is 4. The van der Waals surface area contributed by atoms with Gasteiger partial charge in [0.15, 0.2) is 11.6 Å². The Balaban J connectivity index is 0.000000499. The molecule has 0 N–H and O–H groups in total. The maximum absolute atomic E-state index is 13.5. The molecule has 0 heterocycles. The molecule has 0 bridgehead atoms. The second-order valence-electron chi connectivity index (χ2n) is 22.4. The van der Waals surface area contributed by atoms with E-state index in [-0.39, 0.29) is 11.4 Å². The van der Waals surface area contributed by atoms with Crippen LogP contribution in [0.4, 0.5) is 22.0 Å². The van der Waals surface area contributed by atoms with E-state index in [0.29, 0.717) is 11.0 Å². The highest BCUT2D eigenvalue weighted by atomic mass is 35.5. The van der Waals surface area contributed by atoms with E-state index in [1.54, 1.807) is 35.9 Å². The molecule has 7 heteroatoms. The van der Waals surface area contributed by atoms with Gasteiger partial charge in [0.1, 0.15) is 17.5 Å². The molecule has 0 aliphatic heterocycles. The normalized spacial score (nSPS) is 18.5. The molecule has 4 aromatic carbocycles. The molecule has 4 aromatic rings. The van der Waals surface area contributed by atoms with Crippen LogP contribution >= 0.6 is 23.2 Å². The van der Waals surface area contributed by atoms with Gasteiger partial charge in [-0.25, -0.2) is 22.0 Å². The molecule has 0 radical (unpaired) electrons. The molecule has 0 atom stereocenters. The van der Waals surface area contributed by atoms with E-state index in [9.17, 15) is 22.0 Å². The minimum atomic E-state index is -0.778. The number of hydrogen-bond donors (Lipinski definition) is 0. The maximum atomic E-state index is 13.5. The predicted molar refractivity (Wildman–Crippen MR) is 349 cm³/mol. The highest BCUT2D eigenvalue weighted by Crippen LogP contribution is 2.36. The minimum Gasteiger partial charge on any atom is -0.206 e. The molecule has 0 spiro atoms. The lowest BCUT2D eigenvalue weighted by Crippen LogP contribution is -2.13. The standard InChI is InChI=1S/C16H21Cl.C16H20F2.C14H16F2.C14H17F.C5H7Cl.C5H12.2C2H6/c1-12(2)15-7-3-13(4-8-15)11-14-5-9-16(17)10-6-14;1-11(2)13-8-6-12(7-9-13)10-14-15(17)4-3-5-16(14)18;1-10-2-4-11(5-3-10)8-12-6-7-13(15)14(16)9-12;1-11-6-8-12(9-7-11)10-13-4-2-3-5-14(13)15;1-3-5(6)4-2;1-3-5-4-2;2*1-2/h5-6,9-12,15H,3-4,7-8H2,1-2H3;3-5,10-11,13H,6-9H2,1-2H3;6-10H,2-5H2,1H3;2-5,10-11H,6-9H2,1H3;3-4H,1H2,2H3;3-5H2,1-2H3;2*1-2H3/b;;;;5-4+;;;. The summed E-state index contributed by atoms with van der Waals surface area (Å²) in [7, 11) is 0. The number of hydrogen-bond acceptors (Lipinski definition) is 0. The summed E-state index contributed by atoms with van der Waals surface area (Å²) in [5.74, 6) is 2.28. The van der Waals surface area contributed by atoms with Crippen molar-refractivity contribution in [3.8, 4) is 0 Å². The molecular formula is C74H105Cl2F5. The Morgan fingerprint density at radius 1 is 0.506 bits per heavy atom. The van der Waals surface area contributed by atoms with Crippen LogP contribution in [0.5, 0.6) is 0 Å². The van der Waals surface area contributed by atoms with E-state index < -0.39 is 23.3 Å². The van der Waals surface area contributed by atoms with Gasteiger partial charge < -0.3 is 0 Å². The Labute approximate surface area is 501 Å². The third kappa shape index (κ3) is 31.7. The molecule has 4 fully saturated rings. The van der Waals surface area contributed by atoms with Crippen LogP contribution in [0.2, 0.25) is 5.02 Å². The first-order valence-electron chi connectivity index (χ1n) is 31.0. The average Bonchev–Trinajstić information content (AvgIpc) is 3.49. The van der Waals surface area contributed by atoms with Gasteiger partial charge in [0.25, 0.3) is 0 Å². The van der Waals surface area contributed by atoms with Crippen molar-refractivity contribution < 1.29 is 22.0 Å². The summed E-state index contributed by atoms with van der Waals surface area (Å²) in [5.41, 5.74) is 8.44. The van der Waals surface area contributed by atoms with Gasteiger partial charge in [0.05, 0.1) is 0 Å². The van der Waals surface area contributed by atoms with Crippen molar-refractivity contribution in [2.75, 3.05) is 0 Å². The van der Waals surface area contributed by atoms with E-state index in [1.807, 2.05) is 71.0 Å². The highest BCUT2D eigenvalue weighted by Gasteiger charge is 2.21. The fraction of sp³-hybridized carbons (Fsp3) is 0.514. The van der Waals surface area contributed by atoms with Crippen LogP contribution in [0.15, 0.2) is 131 Å². The molecule has 0 aromatic heterocycles. The number of rotatable bonds is 9. The Kier molecular flexibility index (Phi) is 40.6. The molecule has 0 unspecified atom stereocenters. The maximum Gasteiger partial charge on any atom is 0.159 e. The molecule has 81 heavy (non-hydrogen) atoms. The van der Waals surface area contributed by atoms with Crippen molar-refractivity contribution in [1.29, 1.82) is 0 Å². The van der Waals surface area contributed by atoms with Crippen LogP contribution in [-0.2, 0) is 0 Å². The first-order valence-corrected chi connectivity index (χ1v) is 31.7. The summed E-state index contributed by atoms with van der Waals surface area (Å²) in [5, 5.41) is 1.52. The summed E-state index contributed by atoms with van der Waals surface area (Å²) in [6.07, 6.45) is 34.3. The van der Waals surface area contributed by atoms with Crippen LogP contribution in [0.25, 0.3) is 24.3 Å². The second-order valence-corrected chi connectivity index (χ2v) is 23.2. The van der Waals surface area contributed by atoms with Gasteiger partial charge in [-0.3, -0.25) is 0 Å². The van der Waals surface area contributed by atoms with E-state index in [0.717, 1.165) is 97.1 Å². The van der Waals surface area contributed by atoms with Crippen molar-refractivity contribution in [3.05, 3.63) is 187 Å². The van der Waals surface area contributed by atoms with Gasteiger partial charge in [-0.2, -0.15) is 0 Å². The zero-order chi connectivity index (χ0) is 60.7. The van der Waals surface area contributed by atoms with Gasteiger partial charge in [0.2, 0.25) is 0 Å². The first-order chi connectivity index (χ1) is 38.8. The number of halogens is 7. The second kappa shape index (κ2) is 44.1. The van der Waals surface area contributed by atoms with Gasteiger partial charge >= 0.3 is 0 Å². The SMILES string of the molecule is C=C/C(Cl)=C\C.CC.CC.CC(C)C1CCC(=Cc2c(F)cccc2F)CC1.CC(C)C1CCC(=Cc2ccc(Cl)cc2)CC1.CC1CCC(=Cc2ccc(F)c(F)c2)CC1.CC1CCC(=Cc2ccccc2F)CC1.CCCCC. The quantitative estimate of drug-likeness (QED) is 0.116. The summed E-state index contributed by atoms with van der Waals surface area (Å²) < 4.78 is 66.2. The zero-order valence-corrected chi connectivity index (χ0v) is 53.8. The topological polar surface area (TPSA) is 0 Å². The lowest BCUT2D eigenvalue weighted by atomic mass is 9.79. The van der Waals surface area contributed by atoms with Crippen molar-refractivity contribution >= 4 is 47.5 Å². The van der Waals surface area contributed by atoms with Crippen molar-refractivity contribution in [2.45, 2.75) is 212 Å². The summed E-state index contributed by atoms with van der Waals surface area (Å²) in [4.78, 5) is 0. The Morgan fingerprint density at radius 3 is 1.28 bits per heavy atom. The van der Waals surface area contributed by atoms with Gasteiger partial charge in [-0.05, 0) is 205 Å². The molecule has 0 saturated heterocycles. The zero-order valence-electron chi connectivity index (χ0n) is 52.3. The summed E-state index contributed by atoms with van der Waals surface area (Å²) in [6.45, 7) is 31.5. The molecule has 450 valence electrons. The van der Waals surface area contributed by atoms with Crippen LogP contribution in [0, 0.1) is 64.6 Å². The largest absolute Gasteiger partial charge is 0.206 e. The molecule has 8 rings (SSSR count). The van der Waals surface area contributed by atoms with Gasteiger partial charge in [-0.15, -0.1) is 0 Å². The third-order valence-electron chi connectivity index (χ3n) is 15.4. The lowest BCUT2D eigenvalue weighted by Gasteiger charge is -2.27. The van der Waals surface area contributed by atoms with Crippen LogP contribution in [0.3, 0.4) is 0 Å². The molecular weight excluding hydrogens is 1050 g/mol. The van der Waals surface area contributed by atoms with E-state index in [1.165, 1.54) is 129 Å². The highest BCUT2D eigenvalue weighted by molar-refractivity contribution is 6.31. The van der Waals surface area contributed by atoms with E-state index in [4.69, 9.17) is 23.2 Å². The molecule has 0 nitrogen and oxygen atoms in total. The minimum absolute atomic E-state index is 0.108. The third-order valence-corrected chi connectivity index (χ3v) is 16.0. The Hall–Kier alpha value is -4.45. The fourth-order valence-corrected chi connectivity index (χ4v) is 10.1. The van der Waals surface area contributed by atoms with Crippen LogP contribution < -0.4 is 0 Å². The molecule has 4 aliphatic carbocycles. The van der Waals surface area contributed by atoms with E-state index in [2.05, 4.69) is 80.2 Å². The van der Waals surface area contributed by atoms with Crippen LogP contribution in [-0.4, -0.2) is 0 Å². The van der Waals surface area contributed by atoms with Crippen molar-refractivity contribution in [1.82, 2.24) is 0 Å². The predicted octanol–water partition coefficient (Wildman–Crippen LogP) is 26.3. The number of allylic oxidation sites excluding steroid dienone is 7. The molecule has 0 amide bonds. The first kappa shape index (κ1) is 74.6. The molecule has 4 aliphatic rings.